The van der Waals surface area contributed by atoms with Crippen molar-refractivity contribution in [3.63, 3.8) is 0 Å². The number of nitrogens with one attached hydrogen (secondary N) is 1. The molecule has 0 heterocycles. The van der Waals surface area contributed by atoms with Gasteiger partial charge in [0.25, 0.3) is 0 Å². The van der Waals surface area contributed by atoms with Gasteiger partial charge in [0, 0.05) is 26.1 Å². The van der Waals surface area contributed by atoms with E-state index in [1.165, 1.54) is 0 Å². The molecular formula is C14H26N2O4. The lowest BCUT2D eigenvalue weighted by molar-refractivity contribution is -0.139. The van der Waals surface area contributed by atoms with Crippen molar-refractivity contribution in [2.45, 2.75) is 58.0 Å². The van der Waals surface area contributed by atoms with E-state index < -0.39 is 12.0 Å². The van der Waals surface area contributed by atoms with E-state index >= 15 is 0 Å². The Kier molecular flexibility index (Phi) is 5.80. The maximum absolute atomic E-state index is 12.1. The number of urea groups is 1. The molecule has 0 aromatic carbocycles. The largest absolute Gasteiger partial charge is 0.480 e. The number of rotatable bonds is 5. The van der Waals surface area contributed by atoms with Crippen LogP contribution in [0.5, 0.6) is 0 Å². The van der Waals surface area contributed by atoms with Crippen LogP contribution in [-0.2, 0) is 4.79 Å². The molecule has 0 aromatic heterocycles. The summed E-state index contributed by atoms with van der Waals surface area (Å²) in [4.78, 5) is 24.6. The van der Waals surface area contributed by atoms with Gasteiger partial charge in [0.05, 0.1) is 0 Å². The number of amides is 2. The Morgan fingerprint density at radius 3 is 2.35 bits per heavy atom. The topological polar surface area (TPSA) is 89.9 Å². The number of hydrogen-bond acceptors (Lipinski definition) is 3. The highest BCUT2D eigenvalue weighted by molar-refractivity contribution is 5.82. The van der Waals surface area contributed by atoms with Gasteiger partial charge in [-0.3, -0.25) is 0 Å². The highest BCUT2D eigenvalue weighted by Gasteiger charge is 2.31. The van der Waals surface area contributed by atoms with Gasteiger partial charge in [0.2, 0.25) is 0 Å². The summed E-state index contributed by atoms with van der Waals surface area (Å²) < 4.78 is 0. The Morgan fingerprint density at radius 1 is 1.35 bits per heavy atom. The van der Waals surface area contributed by atoms with Crippen molar-refractivity contribution in [1.29, 1.82) is 0 Å². The molecule has 2 amide bonds. The number of hydrogen-bond donors (Lipinski definition) is 3. The molecule has 0 aromatic rings. The second-order valence-corrected chi connectivity index (χ2v) is 6.36. The fourth-order valence-corrected chi connectivity index (χ4v) is 2.57. The molecule has 20 heavy (non-hydrogen) atoms. The molecule has 1 saturated carbocycles. The predicted molar refractivity (Wildman–Crippen MR) is 75.5 cm³/mol. The average Bonchev–Trinajstić information content (AvgIpc) is 2.37. The van der Waals surface area contributed by atoms with Crippen LogP contribution in [0.25, 0.3) is 0 Å². The average molecular weight is 286 g/mol. The number of carboxylic acid groups (broad SMARTS) is 1. The van der Waals surface area contributed by atoms with E-state index in [0.29, 0.717) is 5.41 Å². The number of nitrogens with zero attached hydrogens (tertiary/aromatic N) is 1. The zero-order chi connectivity index (χ0) is 15.3. The Labute approximate surface area is 120 Å². The Morgan fingerprint density at radius 2 is 1.90 bits per heavy atom. The van der Waals surface area contributed by atoms with Crippen LogP contribution in [0.2, 0.25) is 0 Å². The molecule has 1 unspecified atom stereocenters. The summed E-state index contributed by atoms with van der Waals surface area (Å²) in [7, 11) is 1.70. The molecule has 6 nitrogen and oxygen atoms in total. The summed E-state index contributed by atoms with van der Waals surface area (Å²) in [6, 6.07) is -1.25. The first-order valence-electron chi connectivity index (χ1n) is 7.14. The van der Waals surface area contributed by atoms with Gasteiger partial charge < -0.3 is 20.4 Å². The molecular weight excluding hydrogens is 260 g/mol. The van der Waals surface area contributed by atoms with Gasteiger partial charge in [-0.15, -0.1) is 0 Å². The zero-order valence-corrected chi connectivity index (χ0v) is 12.6. The fourth-order valence-electron chi connectivity index (χ4n) is 2.57. The number of carbonyl (C=O) groups is 2. The normalized spacial score (nSPS) is 20.2. The molecule has 0 aliphatic heterocycles. The smallest absolute Gasteiger partial charge is 0.326 e. The van der Waals surface area contributed by atoms with E-state index in [4.69, 9.17) is 10.2 Å². The standard InChI is InChI=1S/C14H26N2O4/c1-14(2)7-4-10(5-8-14)16(3)13(20)15-11(6-9-17)12(18)19/h10-11,17H,4-9H2,1-3H3,(H,15,20)(H,18,19). The maximum atomic E-state index is 12.1. The van der Waals surface area contributed by atoms with Gasteiger partial charge >= 0.3 is 12.0 Å². The molecule has 6 heteroatoms. The summed E-state index contributed by atoms with van der Waals surface area (Å²) in [5, 5.41) is 20.2. The van der Waals surface area contributed by atoms with E-state index in [0.717, 1.165) is 25.7 Å². The first kappa shape index (κ1) is 16.8. The van der Waals surface area contributed by atoms with Crippen molar-refractivity contribution >= 4 is 12.0 Å². The van der Waals surface area contributed by atoms with Crippen molar-refractivity contribution in [3.05, 3.63) is 0 Å². The molecule has 1 aliphatic carbocycles. The van der Waals surface area contributed by atoms with E-state index in [2.05, 4.69) is 19.2 Å². The SMILES string of the molecule is CN(C(=O)NC(CCO)C(=O)O)C1CCC(C)(C)CC1. The number of aliphatic hydroxyl groups excluding tert-OH is 1. The van der Waals surface area contributed by atoms with E-state index in [-0.39, 0.29) is 25.1 Å². The van der Waals surface area contributed by atoms with Crippen LogP contribution in [0, 0.1) is 5.41 Å². The van der Waals surface area contributed by atoms with E-state index in [1.807, 2.05) is 0 Å². The molecule has 0 bridgehead atoms. The molecule has 3 N–H and O–H groups in total. The van der Waals surface area contributed by atoms with Gasteiger partial charge in [0.15, 0.2) is 0 Å². The summed E-state index contributed by atoms with van der Waals surface area (Å²) >= 11 is 0. The Hall–Kier alpha value is -1.30. The molecule has 0 spiro atoms. The molecule has 1 rings (SSSR count). The van der Waals surface area contributed by atoms with Crippen LogP contribution in [0.3, 0.4) is 0 Å². The second kappa shape index (κ2) is 6.92. The highest BCUT2D eigenvalue weighted by Crippen LogP contribution is 2.36. The van der Waals surface area contributed by atoms with Gasteiger partial charge in [-0.2, -0.15) is 0 Å². The summed E-state index contributed by atoms with van der Waals surface area (Å²) in [5.74, 6) is -1.12. The molecule has 0 radical (unpaired) electrons. The van der Waals surface area contributed by atoms with Crippen LogP contribution in [-0.4, -0.2) is 52.9 Å². The van der Waals surface area contributed by atoms with Crippen molar-refractivity contribution < 1.29 is 19.8 Å². The summed E-state index contributed by atoms with van der Waals surface area (Å²) in [6.07, 6.45) is 4.03. The lowest BCUT2D eigenvalue weighted by atomic mass is 9.75. The second-order valence-electron chi connectivity index (χ2n) is 6.36. The van der Waals surface area contributed by atoms with Gasteiger partial charge in [-0.05, 0) is 31.1 Å². The fraction of sp³-hybridized carbons (Fsp3) is 0.857. The minimum absolute atomic E-state index is 0.0204. The molecule has 0 saturated heterocycles. The summed E-state index contributed by atoms with van der Waals surface area (Å²) in [5.41, 5.74) is 0.328. The first-order chi connectivity index (χ1) is 9.26. The monoisotopic (exact) mass is 286 g/mol. The number of carboxylic acids is 1. The highest BCUT2D eigenvalue weighted by atomic mass is 16.4. The molecule has 1 atom stereocenters. The molecule has 116 valence electrons. The van der Waals surface area contributed by atoms with Crippen molar-refractivity contribution in [2.75, 3.05) is 13.7 Å². The Bertz CT molecular complexity index is 347. The lowest BCUT2D eigenvalue weighted by Gasteiger charge is -2.38. The van der Waals surface area contributed by atoms with Crippen LogP contribution in [0.15, 0.2) is 0 Å². The summed E-state index contributed by atoms with van der Waals surface area (Å²) in [6.45, 7) is 4.19. The number of aliphatic carboxylic acids is 1. The quantitative estimate of drug-likeness (QED) is 0.713. The van der Waals surface area contributed by atoms with Crippen molar-refractivity contribution in [2.24, 2.45) is 5.41 Å². The Balaban J connectivity index is 2.52. The lowest BCUT2D eigenvalue weighted by Crippen LogP contribution is -2.51. The van der Waals surface area contributed by atoms with Crippen LogP contribution in [0.4, 0.5) is 4.79 Å². The van der Waals surface area contributed by atoms with Gasteiger partial charge in [-0.25, -0.2) is 9.59 Å². The third-order valence-electron chi connectivity index (χ3n) is 4.19. The van der Waals surface area contributed by atoms with Crippen LogP contribution in [0.1, 0.15) is 46.0 Å². The minimum Gasteiger partial charge on any atom is -0.480 e. The number of aliphatic hydroxyl groups is 1. The third-order valence-corrected chi connectivity index (χ3v) is 4.19. The third kappa shape index (κ3) is 4.67. The van der Waals surface area contributed by atoms with Crippen LogP contribution >= 0.6 is 0 Å². The molecule has 1 aliphatic rings. The predicted octanol–water partition coefficient (Wildman–Crippen LogP) is 1.43. The van der Waals surface area contributed by atoms with Crippen LogP contribution < -0.4 is 5.32 Å². The van der Waals surface area contributed by atoms with E-state index in [1.54, 1.807) is 11.9 Å². The van der Waals surface area contributed by atoms with Gasteiger partial charge in [0.1, 0.15) is 6.04 Å². The van der Waals surface area contributed by atoms with E-state index in [9.17, 15) is 9.59 Å². The van der Waals surface area contributed by atoms with Crippen molar-refractivity contribution in [3.8, 4) is 0 Å². The molecule has 1 fully saturated rings. The minimum atomic E-state index is -1.12. The number of carbonyl (C=O) groups excluding carboxylic acids is 1. The zero-order valence-electron chi connectivity index (χ0n) is 12.6. The maximum Gasteiger partial charge on any atom is 0.326 e. The van der Waals surface area contributed by atoms with Gasteiger partial charge in [-0.1, -0.05) is 13.8 Å². The first-order valence-corrected chi connectivity index (χ1v) is 7.14. The van der Waals surface area contributed by atoms with Crippen molar-refractivity contribution in [1.82, 2.24) is 10.2 Å².